The Balaban J connectivity index is 1.59. The largest absolute Gasteiger partial charge is 0.492 e. The Bertz CT molecular complexity index is 752. The summed E-state index contributed by atoms with van der Waals surface area (Å²) in [5.41, 5.74) is 3.54. The molecule has 2 rings (SSSR count). The van der Waals surface area contributed by atoms with Gasteiger partial charge >= 0.3 is 0 Å². The van der Waals surface area contributed by atoms with Gasteiger partial charge in [0.25, 0.3) is 0 Å². The number of benzene rings is 1. The van der Waals surface area contributed by atoms with Crippen molar-refractivity contribution in [3.63, 3.8) is 0 Å². The summed E-state index contributed by atoms with van der Waals surface area (Å²) >= 11 is 0. The molecule has 0 saturated carbocycles. The highest BCUT2D eigenvalue weighted by molar-refractivity contribution is 5.59. The molecule has 3 nitrogen and oxygen atoms in total. The molecular formula is C31H47NO2. The molecule has 0 N–H and O–H groups in total. The van der Waals surface area contributed by atoms with Gasteiger partial charge in [-0.2, -0.15) is 0 Å². The Labute approximate surface area is 209 Å². The molecule has 0 radical (unpaired) electrons. The Morgan fingerprint density at radius 2 is 1.44 bits per heavy atom. The first kappa shape index (κ1) is 28.1. The molecule has 2 aromatic rings. The van der Waals surface area contributed by atoms with Crippen LogP contribution in [0.5, 0.6) is 5.75 Å². The first-order chi connectivity index (χ1) is 16.8. The molecule has 0 amide bonds. The predicted molar refractivity (Wildman–Crippen MR) is 146 cm³/mol. The van der Waals surface area contributed by atoms with E-state index < -0.39 is 0 Å². The fourth-order valence-electron chi connectivity index (χ4n) is 3.96. The molecule has 188 valence electrons. The summed E-state index contributed by atoms with van der Waals surface area (Å²) in [5, 5.41) is 0. The second-order valence-electron chi connectivity index (χ2n) is 9.16. The second kappa shape index (κ2) is 19.2. The third-order valence-corrected chi connectivity index (χ3v) is 6.03. The van der Waals surface area contributed by atoms with E-state index in [0.29, 0.717) is 6.61 Å². The van der Waals surface area contributed by atoms with E-state index in [9.17, 15) is 0 Å². The Morgan fingerprint density at radius 1 is 0.676 bits per heavy atom. The summed E-state index contributed by atoms with van der Waals surface area (Å²) in [6.45, 7) is 6.91. The number of aryl methyl sites for hydroxylation is 1. The van der Waals surface area contributed by atoms with Crippen molar-refractivity contribution >= 4 is 0 Å². The molecule has 0 spiro atoms. The number of unbranched alkanes of at least 4 members (excludes halogenated alkanes) is 8. The van der Waals surface area contributed by atoms with Gasteiger partial charge in [-0.3, -0.25) is 4.98 Å². The van der Waals surface area contributed by atoms with Gasteiger partial charge < -0.3 is 9.47 Å². The highest BCUT2D eigenvalue weighted by atomic mass is 16.5. The van der Waals surface area contributed by atoms with Gasteiger partial charge in [0.05, 0.1) is 18.5 Å². The zero-order valence-electron chi connectivity index (χ0n) is 21.8. The van der Waals surface area contributed by atoms with Gasteiger partial charge in [-0.15, -0.1) is 0 Å². The topological polar surface area (TPSA) is 31.4 Å². The standard InChI is InChI=1S/C31H47NO2/c1-3-5-6-7-8-9-10-11-12-16-26-34-30-22-23-31(32-27-30)29-20-18-28(19-21-29)17-14-13-15-25-33-24-4-2/h11-12,18-23,27H,3-10,13-17,24-26H2,1-2H3. The van der Waals surface area contributed by atoms with Crippen LogP contribution in [0.1, 0.15) is 96.5 Å². The quantitative estimate of drug-likeness (QED) is 0.144. The van der Waals surface area contributed by atoms with Crippen molar-refractivity contribution in [3.8, 4) is 17.0 Å². The summed E-state index contributed by atoms with van der Waals surface area (Å²) in [6, 6.07) is 12.9. The van der Waals surface area contributed by atoms with E-state index in [0.717, 1.165) is 55.9 Å². The fraction of sp³-hybridized carbons (Fsp3) is 0.581. The maximum atomic E-state index is 5.85. The van der Waals surface area contributed by atoms with Crippen molar-refractivity contribution < 1.29 is 9.47 Å². The van der Waals surface area contributed by atoms with Gasteiger partial charge in [0.15, 0.2) is 0 Å². The number of ether oxygens (including phenoxy) is 2. The smallest absolute Gasteiger partial charge is 0.137 e. The molecule has 3 heteroatoms. The Morgan fingerprint density at radius 3 is 2.21 bits per heavy atom. The van der Waals surface area contributed by atoms with E-state index >= 15 is 0 Å². The summed E-state index contributed by atoms with van der Waals surface area (Å²) < 4.78 is 11.4. The van der Waals surface area contributed by atoms with Crippen molar-refractivity contribution in [1.82, 2.24) is 4.98 Å². The fourth-order valence-corrected chi connectivity index (χ4v) is 3.96. The molecule has 0 saturated heterocycles. The maximum Gasteiger partial charge on any atom is 0.137 e. The normalized spacial score (nSPS) is 11.4. The summed E-state index contributed by atoms with van der Waals surface area (Å²) in [5.74, 6) is 0.840. The van der Waals surface area contributed by atoms with Crippen LogP contribution in [-0.2, 0) is 11.2 Å². The lowest BCUT2D eigenvalue weighted by Crippen LogP contribution is -1.96. The van der Waals surface area contributed by atoms with Gasteiger partial charge in [0, 0.05) is 18.8 Å². The van der Waals surface area contributed by atoms with Crippen LogP contribution in [0.25, 0.3) is 11.3 Å². The molecule has 0 aliphatic heterocycles. The predicted octanol–water partition coefficient (Wildman–Crippen LogP) is 8.96. The molecule has 34 heavy (non-hydrogen) atoms. The van der Waals surface area contributed by atoms with Crippen LogP contribution in [0.4, 0.5) is 0 Å². The second-order valence-corrected chi connectivity index (χ2v) is 9.16. The molecule has 1 heterocycles. The first-order valence-electron chi connectivity index (χ1n) is 13.7. The molecule has 0 bridgehead atoms. The van der Waals surface area contributed by atoms with Crippen LogP contribution in [0.15, 0.2) is 54.7 Å². The van der Waals surface area contributed by atoms with E-state index in [2.05, 4.69) is 61.3 Å². The molecule has 0 atom stereocenters. The summed E-state index contributed by atoms with van der Waals surface area (Å²) in [6.07, 6.45) is 22.5. The lowest BCUT2D eigenvalue weighted by atomic mass is 10.0. The van der Waals surface area contributed by atoms with Gasteiger partial charge in [-0.05, 0) is 62.6 Å². The van der Waals surface area contributed by atoms with E-state index in [1.165, 1.54) is 63.4 Å². The van der Waals surface area contributed by atoms with Crippen LogP contribution < -0.4 is 4.74 Å². The molecule has 0 aliphatic carbocycles. The molecule has 0 unspecified atom stereocenters. The minimum atomic E-state index is 0.702. The van der Waals surface area contributed by atoms with Crippen molar-refractivity contribution in [2.24, 2.45) is 0 Å². The SMILES string of the molecule is CCCCCCCCC=CCCOc1ccc(-c2ccc(CCCCCOCCC)cc2)nc1. The minimum Gasteiger partial charge on any atom is -0.492 e. The first-order valence-corrected chi connectivity index (χ1v) is 13.7. The lowest BCUT2D eigenvalue weighted by molar-refractivity contribution is 0.130. The van der Waals surface area contributed by atoms with Crippen LogP contribution >= 0.6 is 0 Å². The number of allylic oxidation sites excluding steroid dienone is 1. The highest BCUT2D eigenvalue weighted by Gasteiger charge is 2.02. The number of nitrogens with zero attached hydrogens (tertiary/aromatic N) is 1. The van der Waals surface area contributed by atoms with Gasteiger partial charge in [0.2, 0.25) is 0 Å². The summed E-state index contributed by atoms with van der Waals surface area (Å²) in [4.78, 5) is 4.60. The molecule has 1 aromatic carbocycles. The van der Waals surface area contributed by atoms with E-state index in [-0.39, 0.29) is 0 Å². The number of rotatable bonds is 20. The van der Waals surface area contributed by atoms with Crippen LogP contribution in [0.2, 0.25) is 0 Å². The van der Waals surface area contributed by atoms with E-state index in [4.69, 9.17) is 9.47 Å². The highest BCUT2D eigenvalue weighted by Crippen LogP contribution is 2.21. The lowest BCUT2D eigenvalue weighted by Gasteiger charge is -2.07. The van der Waals surface area contributed by atoms with Crippen LogP contribution in [0, 0.1) is 0 Å². The van der Waals surface area contributed by atoms with Crippen molar-refractivity contribution in [2.75, 3.05) is 19.8 Å². The average Bonchev–Trinajstić information content (AvgIpc) is 2.87. The number of hydrogen-bond acceptors (Lipinski definition) is 3. The third kappa shape index (κ3) is 12.9. The zero-order chi connectivity index (χ0) is 24.1. The van der Waals surface area contributed by atoms with Crippen molar-refractivity contribution in [3.05, 3.63) is 60.3 Å². The monoisotopic (exact) mass is 465 g/mol. The van der Waals surface area contributed by atoms with Gasteiger partial charge in [-0.1, -0.05) is 88.8 Å². The Kier molecular flexibility index (Phi) is 15.9. The zero-order valence-corrected chi connectivity index (χ0v) is 21.8. The number of pyridine rings is 1. The Hall–Kier alpha value is -2.13. The van der Waals surface area contributed by atoms with Crippen molar-refractivity contribution in [2.45, 2.75) is 97.3 Å². The van der Waals surface area contributed by atoms with Gasteiger partial charge in [0.1, 0.15) is 5.75 Å². The van der Waals surface area contributed by atoms with E-state index in [1.807, 2.05) is 12.3 Å². The molecule has 0 fully saturated rings. The van der Waals surface area contributed by atoms with Crippen molar-refractivity contribution in [1.29, 1.82) is 0 Å². The molecule has 1 aromatic heterocycles. The maximum absolute atomic E-state index is 5.85. The van der Waals surface area contributed by atoms with Gasteiger partial charge in [-0.25, -0.2) is 0 Å². The average molecular weight is 466 g/mol. The number of hydrogen-bond donors (Lipinski definition) is 0. The number of aromatic nitrogens is 1. The molecule has 0 aliphatic rings. The summed E-state index contributed by atoms with van der Waals surface area (Å²) in [7, 11) is 0. The molecular weight excluding hydrogens is 418 g/mol. The third-order valence-electron chi connectivity index (χ3n) is 6.03. The minimum absolute atomic E-state index is 0.702. The van der Waals surface area contributed by atoms with E-state index in [1.54, 1.807) is 0 Å². The van der Waals surface area contributed by atoms with Crippen LogP contribution in [0.3, 0.4) is 0 Å². The van der Waals surface area contributed by atoms with Crippen LogP contribution in [-0.4, -0.2) is 24.8 Å².